The predicted molar refractivity (Wildman–Crippen MR) is 113 cm³/mol. The molecule has 0 atom stereocenters. The van der Waals surface area contributed by atoms with E-state index < -0.39 is 10.0 Å². The molecule has 0 aliphatic carbocycles. The van der Waals surface area contributed by atoms with Crippen LogP contribution in [0.3, 0.4) is 0 Å². The molecule has 0 spiro atoms. The third-order valence-corrected chi connectivity index (χ3v) is 6.04. The topological polar surface area (TPSA) is 70.7 Å². The summed E-state index contributed by atoms with van der Waals surface area (Å²) in [6.07, 6.45) is 0.752. The van der Waals surface area contributed by atoms with Gasteiger partial charge in [-0.05, 0) is 55.4 Å². The van der Waals surface area contributed by atoms with Gasteiger partial charge in [0.2, 0.25) is 10.0 Å². The van der Waals surface area contributed by atoms with Crippen molar-refractivity contribution in [1.82, 2.24) is 9.62 Å². The van der Waals surface area contributed by atoms with Crippen LogP contribution in [0, 0.1) is 6.92 Å². The summed E-state index contributed by atoms with van der Waals surface area (Å²) in [6, 6.07) is 12.6. The van der Waals surface area contributed by atoms with Gasteiger partial charge in [-0.25, -0.2) is 12.7 Å². The molecule has 0 saturated carbocycles. The molecule has 2 N–H and O–H groups in total. The number of nitrogens with one attached hydrogen (secondary N) is 2. The van der Waals surface area contributed by atoms with Crippen molar-refractivity contribution in [3.8, 4) is 5.75 Å². The van der Waals surface area contributed by atoms with Crippen LogP contribution in [-0.4, -0.2) is 45.6 Å². The Kier molecular flexibility index (Phi) is 7.18. The zero-order valence-corrected chi connectivity index (χ0v) is 17.6. The van der Waals surface area contributed by atoms with Gasteiger partial charge in [0.1, 0.15) is 5.75 Å². The van der Waals surface area contributed by atoms with Crippen molar-refractivity contribution in [3.63, 3.8) is 0 Å². The van der Waals surface area contributed by atoms with Crippen LogP contribution in [-0.2, 0) is 16.4 Å². The van der Waals surface area contributed by atoms with E-state index in [0.717, 1.165) is 17.7 Å². The molecule has 146 valence electrons. The van der Waals surface area contributed by atoms with Gasteiger partial charge in [-0.15, -0.1) is 0 Å². The smallest absolute Gasteiger partial charge is 0.242 e. The fourth-order valence-corrected chi connectivity index (χ4v) is 3.70. The van der Waals surface area contributed by atoms with Crippen molar-refractivity contribution < 1.29 is 13.2 Å². The number of aryl methyl sites for hydroxylation is 1. The van der Waals surface area contributed by atoms with Gasteiger partial charge in [0, 0.05) is 26.3 Å². The number of anilines is 1. The van der Waals surface area contributed by atoms with E-state index in [9.17, 15) is 8.42 Å². The summed E-state index contributed by atoms with van der Waals surface area (Å²) in [5.74, 6) is 0.850. The summed E-state index contributed by atoms with van der Waals surface area (Å²) in [6.45, 7) is 2.67. The first kappa shape index (κ1) is 21.1. The standard InChI is InChI=1S/C19H25N3O3S2/c1-14-8-9-18(25-4)15(12-14)10-11-20-19(26)21-16-6-5-7-17(13-16)27(23,24)22(2)3/h5-9,12-13H,10-11H2,1-4H3,(H2,20,21,26). The Bertz CT molecular complexity index is 912. The van der Waals surface area contributed by atoms with Gasteiger partial charge >= 0.3 is 0 Å². The van der Waals surface area contributed by atoms with E-state index in [4.69, 9.17) is 17.0 Å². The Hall–Kier alpha value is -2.16. The molecule has 0 radical (unpaired) electrons. The normalized spacial score (nSPS) is 11.3. The molecule has 2 aromatic rings. The summed E-state index contributed by atoms with van der Waals surface area (Å²) in [5, 5.41) is 6.59. The zero-order chi connectivity index (χ0) is 20.0. The molecule has 2 aromatic carbocycles. The van der Waals surface area contributed by atoms with E-state index in [1.165, 1.54) is 24.0 Å². The molecule has 0 fully saturated rings. The van der Waals surface area contributed by atoms with Crippen LogP contribution in [0.2, 0.25) is 0 Å². The fraction of sp³-hybridized carbons (Fsp3) is 0.316. The van der Waals surface area contributed by atoms with Gasteiger partial charge in [-0.3, -0.25) is 0 Å². The molecule has 8 heteroatoms. The number of sulfonamides is 1. The molecule has 0 amide bonds. The lowest BCUT2D eigenvalue weighted by Crippen LogP contribution is -2.30. The summed E-state index contributed by atoms with van der Waals surface area (Å²) in [7, 11) is 1.17. The van der Waals surface area contributed by atoms with Crippen molar-refractivity contribution in [3.05, 3.63) is 53.6 Å². The highest BCUT2D eigenvalue weighted by Crippen LogP contribution is 2.20. The number of thiocarbonyl (C=S) groups is 1. The third-order valence-electron chi connectivity index (χ3n) is 3.99. The van der Waals surface area contributed by atoms with Crippen LogP contribution in [0.1, 0.15) is 11.1 Å². The molecule has 0 unspecified atom stereocenters. The Balaban J connectivity index is 1.96. The summed E-state index contributed by atoms with van der Waals surface area (Å²) in [4.78, 5) is 0.213. The average Bonchev–Trinajstić information content (AvgIpc) is 2.62. The van der Waals surface area contributed by atoms with Gasteiger partial charge in [0.05, 0.1) is 12.0 Å². The minimum atomic E-state index is -3.48. The summed E-state index contributed by atoms with van der Waals surface area (Å²) >= 11 is 5.31. The van der Waals surface area contributed by atoms with Crippen molar-refractivity contribution in [1.29, 1.82) is 0 Å². The molecule has 0 aliphatic rings. The maximum Gasteiger partial charge on any atom is 0.242 e. The second-order valence-electron chi connectivity index (χ2n) is 6.26. The van der Waals surface area contributed by atoms with Crippen LogP contribution in [0.5, 0.6) is 5.75 Å². The molecule has 0 aliphatic heterocycles. The lowest BCUT2D eigenvalue weighted by atomic mass is 10.1. The number of hydrogen-bond donors (Lipinski definition) is 2. The van der Waals surface area contributed by atoms with Gasteiger partial charge in [0.15, 0.2) is 5.11 Å². The monoisotopic (exact) mass is 407 g/mol. The quantitative estimate of drug-likeness (QED) is 0.688. The van der Waals surface area contributed by atoms with E-state index in [2.05, 4.69) is 16.7 Å². The Morgan fingerprint density at radius 3 is 2.59 bits per heavy atom. The molecule has 2 rings (SSSR count). The number of nitrogens with zero attached hydrogens (tertiary/aromatic N) is 1. The molecule has 0 saturated heterocycles. The van der Waals surface area contributed by atoms with Crippen LogP contribution < -0.4 is 15.4 Å². The Labute approximate surface area is 166 Å². The Morgan fingerprint density at radius 1 is 1.19 bits per heavy atom. The Morgan fingerprint density at radius 2 is 1.93 bits per heavy atom. The third kappa shape index (κ3) is 5.66. The number of methoxy groups -OCH3 is 1. The highest BCUT2D eigenvalue weighted by molar-refractivity contribution is 7.89. The van der Waals surface area contributed by atoms with Crippen molar-refractivity contribution in [2.75, 3.05) is 33.1 Å². The molecule has 0 bridgehead atoms. The first-order valence-electron chi connectivity index (χ1n) is 8.45. The largest absolute Gasteiger partial charge is 0.496 e. The van der Waals surface area contributed by atoms with Gasteiger partial charge < -0.3 is 15.4 Å². The molecule has 6 nitrogen and oxygen atoms in total. The summed E-state index contributed by atoms with van der Waals surface area (Å²) in [5.41, 5.74) is 2.89. The second kappa shape index (κ2) is 9.16. The number of benzene rings is 2. The first-order chi connectivity index (χ1) is 12.7. The maximum absolute atomic E-state index is 12.2. The van der Waals surface area contributed by atoms with Gasteiger partial charge in [0.25, 0.3) is 0 Å². The van der Waals surface area contributed by atoms with E-state index in [0.29, 0.717) is 17.3 Å². The molecular weight excluding hydrogens is 382 g/mol. The predicted octanol–water partition coefficient (Wildman–Crippen LogP) is 2.78. The molecule has 0 aromatic heterocycles. The van der Waals surface area contributed by atoms with E-state index >= 15 is 0 Å². The molecule has 0 heterocycles. The van der Waals surface area contributed by atoms with E-state index in [1.807, 2.05) is 19.1 Å². The van der Waals surface area contributed by atoms with Gasteiger partial charge in [-0.1, -0.05) is 23.8 Å². The minimum Gasteiger partial charge on any atom is -0.496 e. The van der Waals surface area contributed by atoms with Crippen molar-refractivity contribution in [2.24, 2.45) is 0 Å². The zero-order valence-electron chi connectivity index (χ0n) is 15.9. The SMILES string of the molecule is COc1ccc(C)cc1CCNC(=S)Nc1cccc(S(=O)(=O)N(C)C)c1. The number of hydrogen-bond acceptors (Lipinski definition) is 4. The molecular formula is C19H25N3O3S2. The van der Waals surface area contributed by atoms with Crippen LogP contribution >= 0.6 is 12.2 Å². The lowest BCUT2D eigenvalue weighted by molar-refractivity contribution is 0.409. The molecule has 27 heavy (non-hydrogen) atoms. The van der Waals surface area contributed by atoms with Crippen molar-refractivity contribution in [2.45, 2.75) is 18.2 Å². The second-order valence-corrected chi connectivity index (χ2v) is 8.82. The lowest BCUT2D eigenvalue weighted by Gasteiger charge is -2.14. The van der Waals surface area contributed by atoms with E-state index in [-0.39, 0.29) is 4.90 Å². The fourth-order valence-electron chi connectivity index (χ4n) is 2.53. The van der Waals surface area contributed by atoms with E-state index in [1.54, 1.807) is 31.4 Å². The van der Waals surface area contributed by atoms with Crippen LogP contribution in [0.15, 0.2) is 47.4 Å². The maximum atomic E-state index is 12.2. The average molecular weight is 408 g/mol. The minimum absolute atomic E-state index is 0.213. The first-order valence-corrected chi connectivity index (χ1v) is 10.3. The number of rotatable bonds is 7. The highest BCUT2D eigenvalue weighted by atomic mass is 32.2. The summed E-state index contributed by atoms with van der Waals surface area (Å²) < 4.78 is 31.0. The van der Waals surface area contributed by atoms with Gasteiger partial charge in [-0.2, -0.15) is 0 Å². The van der Waals surface area contributed by atoms with Crippen LogP contribution in [0.25, 0.3) is 0 Å². The number of ether oxygens (including phenoxy) is 1. The van der Waals surface area contributed by atoms with Crippen molar-refractivity contribution >= 4 is 33.0 Å². The highest BCUT2D eigenvalue weighted by Gasteiger charge is 2.17. The van der Waals surface area contributed by atoms with Crippen LogP contribution in [0.4, 0.5) is 5.69 Å².